The summed E-state index contributed by atoms with van der Waals surface area (Å²) in [6.07, 6.45) is 2.09. The molecular weight excluding hydrogens is 220 g/mol. The summed E-state index contributed by atoms with van der Waals surface area (Å²) in [6, 6.07) is 4.09. The highest BCUT2D eigenvalue weighted by atomic mass is 32.1. The highest BCUT2D eigenvalue weighted by Gasteiger charge is 2.21. The molecular formula is C11H14N4S. The fraction of sp³-hybridized carbons (Fsp3) is 0.455. The average molecular weight is 234 g/mol. The van der Waals surface area contributed by atoms with Crippen LogP contribution in [-0.4, -0.2) is 21.3 Å². The Bertz CT molecular complexity index is 474. The largest absolute Gasteiger partial charge is 0.330 e. The van der Waals surface area contributed by atoms with Crippen LogP contribution in [0, 0.1) is 5.92 Å². The lowest BCUT2D eigenvalue weighted by molar-refractivity contribution is 0.369. The number of thiophene rings is 1. The number of rotatable bonds is 2. The molecule has 16 heavy (non-hydrogen) atoms. The lowest BCUT2D eigenvalue weighted by atomic mass is 9.99. The van der Waals surface area contributed by atoms with E-state index in [1.165, 1.54) is 0 Å². The van der Waals surface area contributed by atoms with Gasteiger partial charge >= 0.3 is 0 Å². The van der Waals surface area contributed by atoms with Crippen molar-refractivity contribution in [3.63, 3.8) is 0 Å². The van der Waals surface area contributed by atoms with Crippen LogP contribution in [0.4, 0.5) is 0 Å². The van der Waals surface area contributed by atoms with Crippen LogP contribution in [0.5, 0.6) is 0 Å². The van der Waals surface area contributed by atoms with Crippen molar-refractivity contribution in [2.75, 3.05) is 6.54 Å². The summed E-state index contributed by atoms with van der Waals surface area (Å²) in [5, 5.41) is 6.59. The first-order valence-electron chi connectivity index (χ1n) is 5.54. The predicted octanol–water partition coefficient (Wildman–Crippen LogP) is 1.53. The van der Waals surface area contributed by atoms with Crippen LogP contribution in [0.15, 0.2) is 17.5 Å². The molecule has 2 N–H and O–H groups in total. The van der Waals surface area contributed by atoms with Crippen LogP contribution in [0.25, 0.3) is 10.7 Å². The molecule has 0 fully saturated rings. The molecule has 0 saturated carbocycles. The van der Waals surface area contributed by atoms with Gasteiger partial charge in [0.05, 0.1) is 4.88 Å². The third kappa shape index (κ3) is 1.66. The van der Waals surface area contributed by atoms with E-state index >= 15 is 0 Å². The molecule has 3 rings (SSSR count). The molecule has 2 aromatic rings. The van der Waals surface area contributed by atoms with Gasteiger partial charge in [-0.25, -0.2) is 9.67 Å². The van der Waals surface area contributed by atoms with Gasteiger partial charge in [0.15, 0.2) is 5.82 Å². The van der Waals surface area contributed by atoms with E-state index < -0.39 is 0 Å². The molecule has 0 aliphatic carbocycles. The molecule has 0 radical (unpaired) electrons. The molecule has 0 saturated heterocycles. The minimum atomic E-state index is 0.577. The van der Waals surface area contributed by atoms with Gasteiger partial charge in [-0.1, -0.05) is 6.07 Å². The Hall–Kier alpha value is -1.20. The van der Waals surface area contributed by atoms with E-state index in [2.05, 4.69) is 21.5 Å². The van der Waals surface area contributed by atoms with Crippen molar-refractivity contribution in [2.24, 2.45) is 11.7 Å². The quantitative estimate of drug-likeness (QED) is 0.857. The van der Waals surface area contributed by atoms with Crippen LogP contribution in [0.2, 0.25) is 0 Å². The number of hydrogen-bond acceptors (Lipinski definition) is 4. The Morgan fingerprint density at radius 1 is 1.56 bits per heavy atom. The maximum Gasteiger partial charge on any atom is 0.191 e. The molecule has 3 heterocycles. The van der Waals surface area contributed by atoms with Gasteiger partial charge in [-0.3, -0.25) is 0 Å². The van der Waals surface area contributed by atoms with E-state index in [1.54, 1.807) is 11.3 Å². The summed E-state index contributed by atoms with van der Waals surface area (Å²) in [5.41, 5.74) is 5.71. The predicted molar refractivity (Wildman–Crippen MR) is 64.2 cm³/mol. The standard InChI is InChI=1S/C11H14N4S/c12-7-8-3-4-15-10(6-8)13-11(14-15)9-2-1-5-16-9/h1-2,5,8H,3-4,6-7,12H2. The third-order valence-corrected chi connectivity index (χ3v) is 3.91. The summed E-state index contributed by atoms with van der Waals surface area (Å²) in [7, 11) is 0. The van der Waals surface area contributed by atoms with Crippen molar-refractivity contribution in [3.05, 3.63) is 23.3 Å². The summed E-state index contributed by atoms with van der Waals surface area (Å²) >= 11 is 1.68. The molecule has 1 aliphatic rings. The summed E-state index contributed by atoms with van der Waals surface area (Å²) in [4.78, 5) is 5.74. The molecule has 0 aromatic carbocycles. The highest BCUT2D eigenvalue weighted by molar-refractivity contribution is 7.13. The van der Waals surface area contributed by atoms with Crippen molar-refractivity contribution >= 4 is 11.3 Å². The SMILES string of the molecule is NCC1CCn2nc(-c3cccs3)nc2C1. The Labute approximate surface area is 98.1 Å². The van der Waals surface area contributed by atoms with Crippen LogP contribution < -0.4 is 5.73 Å². The zero-order valence-corrected chi connectivity index (χ0v) is 9.78. The van der Waals surface area contributed by atoms with Gasteiger partial charge in [-0.15, -0.1) is 16.4 Å². The van der Waals surface area contributed by atoms with Gasteiger partial charge in [0.25, 0.3) is 0 Å². The zero-order valence-electron chi connectivity index (χ0n) is 8.97. The van der Waals surface area contributed by atoms with Gasteiger partial charge in [0.1, 0.15) is 5.82 Å². The van der Waals surface area contributed by atoms with Crippen LogP contribution in [0.3, 0.4) is 0 Å². The van der Waals surface area contributed by atoms with Crippen molar-refractivity contribution in [2.45, 2.75) is 19.4 Å². The van der Waals surface area contributed by atoms with E-state index in [-0.39, 0.29) is 0 Å². The average Bonchev–Trinajstić information content (AvgIpc) is 2.96. The zero-order chi connectivity index (χ0) is 11.0. The molecule has 0 bridgehead atoms. The Morgan fingerprint density at radius 2 is 2.50 bits per heavy atom. The number of nitrogens with two attached hydrogens (primary N) is 1. The van der Waals surface area contributed by atoms with E-state index in [0.717, 1.165) is 42.5 Å². The van der Waals surface area contributed by atoms with Gasteiger partial charge < -0.3 is 5.73 Å². The Kier molecular flexibility index (Phi) is 2.49. The fourth-order valence-electron chi connectivity index (χ4n) is 2.08. The second-order valence-corrected chi connectivity index (χ2v) is 5.09. The lowest BCUT2D eigenvalue weighted by Gasteiger charge is -2.19. The summed E-state index contributed by atoms with van der Waals surface area (Å²) in [5.74, 6) is 2.53. The monoisotopic (exact) mass is 234 g/mol. The number of aryl methyl sites for hydroxylation is 1. The normalized spacial score (nSPS) is 19.7. The van der Waals surface area contributed by atoms with Gasteiger partial charge in [-0.05, 0) is 30.3 Å². The molecule has 84 valence electrons. The third-order valence-electron chi connectivity index (χ3n) is 3.04. The molecule has 1 atom stereocenters. The minimum Gasteiger partial charge on any atom is -0.330 e. The topological polar surface area (TPSA) is 56.7 Å². The Balaban J connectivity index is 1.92. The first-order chi connectivity index (χ1) is 7.86. The van der Waals surface area contributed by atoms with Crippen molar-refractivity contribution < 1.29 is 0 Å². The second-order valence-electron chi connectivity index (χ2n) is 4.15. The smallest absolute Gasteiger partial charge is 0.191 e. The maximum absolute atomic E-state index is 5.71. The van der Waals surface area contributed by atoms with Crippen molar-refractivity contribution in [1.82, 2.24) is 14.8 Å². The molecule has 0 spiro atoms. The molecule has 4 nitrogen and oxygen atoms in total. The van der Waals surface area contributed by atoms with Crippen molar-refractivity contribution in [3.8, 4) is 10.7 Å². The lowest BCUT2D eigenvalue weighted by Crippen LogP contribution is -2.25. The highest BCUT2D eigenvalue weighted by Crippen LogP contribution is 2.24. The second kappa shape index (κ2) is 3.99. The van der Waals surface area contributed by atoms with Gasteiger partial charge in [0.2, 0.25) is 0 Å². The van der Waals surface area contributed by atoms with Crippen molar-refractivity contribution in [1.29, 1.82) is 0 Å². The van der Waals surface area contributed by atoms with Crippen LogP contribution in [0.1, 0.15) is 12.2 Å². The van der Waals surface area contributed by atoms with Gasteiger partial charge in [0, 0.05) is 13.0 Å². The first-order valence-corrected chi connectivity index (χ1v) is 6.42. The number of hydrogen-bond donors (Lipinski definition) is 1. The van der Waals surface area contributed by atoms with E-state index in [0.29, 0.717) is 5.92 Å². The van der Waals surface area contributed by atoms with Gasteiger partial charge in [-0.2, -0.15) is 0 Å². The van der Waals surface area contributed by atoms with E-state index in [4.69, 9.17) is 5.73 Å². The molecule has 1 unspecified atom stereocenters. The van der Waals surface area contributed by atoms with E-state index in [1.807, 2.05) is 10.7 Å². The number of fused-ring (bicyclic) bond motifs is 1. The number of nitrogens with zero attached hydrogens (tertiary/aromatic N) is 3. The van der Waals surface area contributed by atoms with E-state index in [9.17, 15) is 0 Å². The summed E-state index contributed by atoms with van der Waals surface area (Å²) < 4.78 is 2.03. The molecule has 2 aromatic heterocycles. The van der Waals surface area contributed by atoms with Crippen LogP contribution >= 0.6 is 11.3 Å². The summed E-state index contributed by atoms with van der Waals surface area (Å²) in [6.45, 7) is 1.71. The number of aromatic nitrogens is 3. The first kappa shape index (κ1) is 9.99. The minimum absolute atomic E-state index is 0.577. The Morgan fingerprint density at radius 3 is 3.25 bits per heavy atom. The molecule has 0 amide bonds. The fourth-order valence-corrected chi connectivity index (χ4v) is 2.73. The molecule has 1 aliphatic heterocycles. The van der Waals surface area contributed by atoms with Crippen LogP contribution in [-0.2, 0) is 13.0 Å². The maximum atomic E-state index is 5.71. The molecule has 5 heteroatoms.